The van der Waals surface area contributed by atoms with Crippen LogP contribution in [0.3, 0.4) is 0 Å². The quantitative estimate of drug-likeness (QED) is 0.869. The molecule has 1 atom stereocenters. The Labute approximate surface area is 113 Å². The van der Waals surface area contributed by atoms with Crippen LogP contribution in [0, 0.1) is 0 Å². The molecule has 3 rings (SSSR count). The Morgan fingerprint density at radius 1 is 1.42 bits per heavy atom. The molecule has 2 aromatic heterocycles. The summed E-state index contributed by atoms with van der Waals surface area (Å²) >= 11 is 0. The van der Waals surface area contributed by atoms with Crippen LogP contribution >= 0.6 is 0 Å². The van der Waals surface area contributed by atoms with Crippen molar-refractivity contribution >= 4 is 0 Å². The second kappa shape index (κ2) is 5.50. The third-order valence-electron chi connectivity index (χ3n) is 3.51. The van der Waals surface area contributed by atoms with E-state index >= 15 is 0 Å². The zero-order chi connectivity index (χ0) is 13.1. The van der Waals surface area contributed by atoms with Gasteiger partial charge in [0.2, 0.25) is 0 Å². The van der Waals surface area contributed by atoms with Gasteiger partial charge in [-0.2, -0.15) is 5.10 Å². The maximum absolute atomic E-state index is 4.19. The summed E-state index contributed by atoms with van der Waals surface area (Å²) in [5, 5.41) is 10.7. The molecule has 1 fully saturated rings. The first kappa shape index (κ1) is 12.3. The number of pyridine rings is 1. The summed E-state index contributed by atoms with van der Waals surface area (Å²) in [6.07, 6.45) is 5.59. The average Bonchev–Trinajstić information content (AvgIpc) is 2.88. The molecule has 19 heavy (non-hydrogen) atoms. The molecule has 0 aliphatic carbocycles. The Kier molecular flexibility index (Phi) is 3.57. The van der Waals surface area contributed by atoms with Crippen molar-refractivity contribution in [1.82, 2.24) is 25.4 Å². The third-order valence-corrected chi connectivity index (χ3v) is 3.51. The van der Waals surface area contributed by atoms with Crippen LogP contribution in [0.5, 0.6) is 0 Å². The first-order chi connectivity index (χ1) is 9.33. The molecular weight excluding hydrogens is 238 g/mol. The lowest BCUT2D eigenvalue weighted by Gasteiger charge is -2.31. The fraction of sp³-hybridized carbons (Fsp3) is 0.429. The summed E-state index contributed by atoms with van der Waals surface area (Å²) in [5.41, 5.74) is 3.42. The van der Waals surface area contributed by atoms with Crippen molar-refractivity contribution in [2.45, 2.75) is 19.5 Å². The van der Waals surface area contributed by atoms with Crippen LogP contribution in [0.25, 0.3) is 11.3 Å². The molecule has 2 N–H and O–H groups in total. The highest BCUT2D eigenvalue weighted by atomic mass is 15.2. The van der Waals surface area contributed by atoms with Gasteiger partial charge in [-0.3, -0.25) is 15.0 Å². The van der Waals surface area contributed by atoms with E-state index in [4.69, 9.17) is 0 Å². The van der Waals surface area contributed by atoms with Gasteiger partial charge >= 0.3 is 0 Å². The zero-order valence-corrected chi connectivity index (χ0v) is 11.1. The summed E-state index contributed by atoms with van der Waals surface area (Å²) in [5.74, 6) is 0. The lowest BCUT2D eigenvalue weighted by Crippen LogP contribution is -2.48. The van der Waals surface area contributed by atoms with Crippen molar-refractivity contribution in [3.8, 4) is 11.3 Å². The van der Waals surface area contributed by atoms with E-state index in [-0.39, 0.29) is 0 Å². The molecular formula is C14H19N5. The van der Waals surface area contributed by atoms with Crippen LogP contribution in [0.1, 0.15) is 12.5 Å². The van der Waals surface area contributed by atoms with E-state index in [0.717, 1.165) is 37.4 Å². The smallest absolute Gasteiger partial charge is 0.0710 e. The summed E-state index contributed by atoms with van der Waals surface area (Å²) in [6, 6.07) is 4.57. The maximum Gasteiger partial charge on any atom is 0.0710 e. The molecule has 5 heteroatoms. The second-order valence-corrected chi connectivity index (χ2v) is 5.10. The first-order valence-corrected chi connectivity index (χ1v) is 6.71. The molecule has 5 nitrogen and oxygen atoms in total. The Balaban J connectivity index is 1.77. The van der Waals surface area contributed by atoms with Gasteiger partial charge in [0.1, 0.15) is 0 Å². The monoisotopic (exact) mass is 257 g/mol. The topological polar surface area (TPSA) is 56.8 Å². The number of hydrogen-bond donors (Lipinski definition) is 2. The SMILES string of the molecule is C[C@@H]1CN(Cc2cn[nH]c2-c2cccnc2)CCN1. The van der Waals surface area contributed by atoms with Crippen LogP contribution in [0.15, 0.2) is 30.7 Å². The molecule has 0 spiro atoms. The minimum absolute atomic E-state index is 0.558. The van der Waals surface area contributed by atoms with Crippen molar-refractivity contribution in [2.24, 2.45) is 0 Å². The highest BCUT2D eigenvalue weighted by molar-refractivity contribution is 5.61. The number of rotatable bonds is 3. The normalized spacial score (nSPS) is 20.6. The van der Waals surface area contributed by atoms with Gasteiger partial charge in [-0.25, -0.2) is 0 Å². The van der Waals surface area contributed by atoms with Gasteiger partial charge in [-0.05, 0) is 19.1 Å². The van der Waals surface area contributed by atoms with Crippen molar-refractivity contribution in [3.05, 3.63) is 36.3 Å². The van der Waals surface area contributed by atoms with Crippen LogP contribution < -0.4 is 5.32 Å². The number of nitrogens with one attached hydrogen (secondary N) is 2. The molecule has 0 amide bonds. The van der Waals surface area contributed by atoms with Gasteiger partial charge in [0.25, 0.3) is 0 Å². The van der Waals surface area contributed by atoms with E-state index in [2.05, 4.69) is 38.4 Å². The molecule has 0 bridgehead atoms. The van der Waals surface area contributed by atoms with Gasteiger partial charge in [0.05, 0.1) is 11.9 Å². The summed E-state index contributed by atoms with van der Waals surface area (Å²) in [4.78, 5) is 6.63. The van der Waals surface area contributed by atoms with Gasteiger partial charge < -0.3 is 5.32 Å². The van der Waals surface area contributed by atoms with Crippen molar-refractivity contribution in [3.63, 3.8) is 0 Å². The van der Waals surface area contributed by atoms with E-state index < -0.39 is 0 Å². The number of aromatic amines is 1. The predicted octanol–water partition coefficient (Wildman–Crippen LogP) is 1.27. The van der Waals surface area contributed by atoms with Gasteiger partial charge in [0, 0.05) is 55.7 Å². The highest BCUT2D eigenvalue weighted by Gasteiger charge is 2.17. The second-order valence-electron chi connectivity index (χ2n) is 5.10. The first-order valence-electron chi connectivity index (χ1n) is 6.71. The summed E-state index contributed by atoms with van der Waals surface area (Å²) in [7, 11) is 0. The molecule has 3 heterocycles. The predicted molar refractivity (Wildman–Crippen MR) is 74.6 cm³/mol. The van der Waals surface area contributed by atoms with Crippen molar-refractivity contribution in [2.75, 3.05) is 19.6 Å². The Morgan fingerprint density at radius 2 is 2.37 bits per heavy atom. The Morgan fingerprint density at radius 3 is 3.16 bits per heavy atom. The minimum Gasteiger partial charge on any atom is -0.312 e. The fourth-order valence-electron chi connectivity index (χ4n) is 2.59. The number of nitrogens with zero attached hydrogens (tertiary/aromatic N) is 3. The largest absolute Gasteiger partial charge is 0.312 e. The van der Waals surface area contributed by atoms with Crippen LogP contribution in [-0.2, 0) is 6.54 Å². The molecule has 2 aromatic rings. The Hall–Kier alpha value is -1.72. The van der Waals surface area contributed by atoms with E-state index in [0.29, 0.717) is 6.04 Å². The summed E-state index contributed by atoms with van der Waals surface area (Å²) in [6.45, 7) is 6.39. The van der Waals surface area contributed by atoms with Crippen molar-refractivity contribution in [1.29, 1.82) is 0 Å². The molecule has 0 unspecified atom stereocenters. The molecule has 0 radical (unpaired) electrons. The lowest BCUT2D eigenvalue weighted by molar-refractivity contribution is 0.200. The molecule has 0 saturated carbocycles. The molecule has 100 valence electrons. The molecule has 1 saturated heterocycles. The third kappa shape index (κ3) is 2.83. The van der Waals surface area contributed by atoms with Crippen LogP contribution in [0.2, 0.25) is 0 Å². The van der Waals surface area contributed by atoms with E-state index in [1.54, 1.807) is 6.20 Å². The van der Waals surface area contributed by atoms with Crippen LogP contribution in [-0.4, -0.2) is 45.8 Å². The van der Waals surface area contributed by atoms with E-state index in [1.807, 2.05) is 18.5 Å². The molecule has 1 aliphatic heterocycles. The lowest BCUT2D eigenvalue weighted by atomic mass is 10.1. The Bertz CT molecular complexity index is 522. The van der Waals surface area contributed by atoms with Gasteiger partial charge in [0.15, 0.2) is 0 Å². The van der Waals surface area contributed by atoms with Crippen LogP contribution in [0.4, 0.5) is 0 Å². The zero-order valence-electron chi connectivity index (χ0n) is 11.1. The maximum atomic E-state index is 4.19. The number of piperazine rings is 1. The number of aromatic nitrogens is 3. The number of hydrogen-bond acceptors (Lipinski definition) is 4. The average molecular weight is 257 g/mol. The van der Waals surface area contributed by atoms with Gasteiger partial charge in [-0.1, -0.05) is 0 Å². The molecule has 0 aromatic carbocycles. The fourth-order valence-corrected chi connectivity index (χ4v) is 2.59. The molecule has 1 aliphatic rings. The van der Waals surface area contributed by atoms with Gasteiger partial charge in [-0.15, -0.1) is 0 Å². The van der Waals surface area contributed by atoms with Crippen molar-refractivity contribution < 1.29 is 0 Å². The minimum atomic E-state index is 0.558. The standard InChI is InChI=1S/C14H19N5/c1-11-9-19(6-5-16-11)10-13-8-17-18-14(13)12-3-2-4-15-7-12/h2-4,7-8,11,16H,5-6,9-10H2,1H3,(H,17,18)/t11-/m1/s1. The summed E-state index contributed by atoms with van der Waals surface area (Å²) < 4.78 is 0. The number of H-pyrrole nitrogens is 1. The van der Waals surface area contributed by atoms with E-state index in [9.17, 15) is 0 Å². The highest BCUT2D eigenvalue weighted by Crippen LogP contribution is 2.21. The van der Waals surface area contributed by atoms with E-state index in [1.165, 1.54) is 5.56 Å².